The predicted octanol–water partition coefficient (Wildman–Crippen LogP) is 3.93. The summed E-state index contributed by atoms with van der Waals surface area (Å²) in [6.45, 7) is 2.67. The molecule has 13 heteroatoms. The monoisotopic (exact) mass is 557 g/mol. The number of aliphatic hydroxyl groups excluding tert-OH is 1. The van der Waals surface area contributed by atoms with Crippen molar-refractivity contribution in [2.24, 2.45) is 0 Å². The Morgan fingerprint density at radius 1 is 1.24 bits per heavy atom. The van der Waals surface area contributed by atoms with Gasteiger partial charge in [0.2, 0.25) is 0 Å². The smallest absolute Gasteiger partial charge is 0.395 e. The second-order valence-corrected chi connectivity index (χ2v) is 9.89. The van der Waals surface area contributed by atoms with Crippen molar-refractivity contribution in [3.63, 3.8) is 0 Å². The molecule has 206 valence electrons. The van der Waals surface area contributed by atoms with Gasteiger partial charge in [0.25, 0.3) is 5.91 Å². The molecule has 0 aliphatic carbocycles. The topological polar surface area (TPSA) is 80.2 Å². The lowest BCUT2D eigenvalue weighted by atomic mass is 10.1. The van der Waals surface area contributed by atoms with Crippen molar-refractivity contribution >= 4 is 35.0 Å². The molecule has 8 nitrogen and oxygen atoms in total. The first kappa shape index (κ1) is 28.1. The van der Waals surface area contributed by atoms with Gasteiger partial charge in [0.15, 0.2) is 0 Å². The fourth-order valence-corrected chi connectivity index (χ4v) is 5.09. The normalized spacial score (nSPS) is 20.5. The number of likely N-dealkylation sites (N-methyl/N-ethyl adjacent to an activating group) is 1. The van der Waals surface area contributed by atoms with Gasteiger partial charge in [0.1, 0.15) is 17.7 Å². The first-order valence-electron chi connectivity index (χ1n) is 12.1. The van der Waals surface area contributed by atoms with Crippen LogP contribution >= 0.6 is 11.6 Å². The van der Waals surface area contributed by atoms with Crippen LogP contribution in [0.1, 0.15) is 24.1 Å². The minimum absolute atomic E-state index is 0.0142. The van der Waals surface area contributed by atoms with Crippen LogP contribution in [-0.2, 0) is 11.0 Å². The fraction of sp³-hybridized carbons (Fsp3) is 0.480. The number of hydrogen-bond donors (Lipinski definition) is 1. The molecule has 2 fully saturated rings. The number of hydrogen-bond acceptors (Lipinski definition) is 5. The molecule has 1 aromatic heterocycles. The number of aromatic nitrogens is 1. The summed E-state index contributed by atoms with van der Waals surface area (Å²) in [5.41, 5.74) is -0.698. The third-order valence-corrected chi connectivity index (χ3v) is 7.26. The first-order chi connectivity index (χ1) is 17.9. The number of aliphatic hydroxyl groups is 1. The highest BCUT2D eigenvalue weighted by atomic mass is 35.5. The van der Waals surface area contributed by atoms with Gasteiger partial charge in [0, 0.05) is 37.6 Å². The van der Waals surface area contributed by atoms with E-state index in [0.29, 0.717) is 6.54 Å². The van der Waals surface area contributed by atoms with Crippen molar-refractivity contribution in [1.82, 2.24) is 14.8 Å². The lowest BCUT2D eigenvalue weighted by molar-refractivity contribution is -0.137. The molecule has 3 amide bonds. The summed E-state index contributed by atoms with van der Waals surface area (Å²) in [5, 5.41) is 9.39. The lowest BCUT2D eigenvalue weighted by Gasteiger charge is -2.27. The molecule has 2 aliphatic heterocycles. The standard InChI is InChI=1S/C25H28ClF4N5O3/c1-15-10-16(25(28,29)30)11-22(31-15)35-21(23(37)32(2)17-5-6-20(27)19(26)12-17)13-34(24(35)38)9-8-33-7-3-4-18(33)14-36/h5-6,10-12,18,21,36H,3-4,7-9,13-14H2,1-2H3/t18-,21+/m1/s1. The van der Waals surface area contributed by atoms with Crippen molar-refractivity contribution in [3.05, 3.63) is 52.4 Å². The summed E-state index contributed by atoms with van der Waals surface area (Å²) in [7, 11) is 1.41. The molecule has 2 atom stereocenters. The van der Waals surface area contributed by atoms with E-state index in [2.05, 4.69) is 4.98 Å². The van der Waals surface area contributed by atoms with E-state index in [1.807, 2.05) is 4.90 Å². The molecule has 1 aromatic carbocycles. The molecule has 2 saturated heterocycles. The minimum atomic E-state index is -4.68. The maximum Gasteiger partial charge on any atom is 0.416 e. The number of urea groups is 1. The summed E-state index contributed by atoms with van der Waals surface area (Å²) in [6.07, 6.45) is -2.94. The number of nitrogens with zero attached hydrogens (tertiary/aromatic N) is 5. The molecule has 0 unspecified atom stereocenters. The molecule has 2 aromatic rings. The Morgan fingerprint density at radius 2 is 1.97 bits per heavy atom. The van der Waals surface area contributed by atoms with Gasteiger partial charge in [-0.15, -0.1) is 0 Å². The molecule has 1 N–H and O–H groups in total. The number of halogens is 5. The SMILES string of the molecule is Cc1cc(C(F)(F)F)cc(N2C(=O)N(CCN3CCC[C@@H]3CO)C[C@H]2C(=O)N(C)c2ccc(F)c(Cl)c2)n1. The van der Waals surface area contributed by atoms with Crippen LogP contribution in [-0.4, -0.2) is 83.7 Å². The highest BCUT2D eigenvalue weighted by Gasteiger charge is 2.45. The van der Waals surface area contributed by atoms with Crippen molar-refractivity contribution in [2.45, 2.75) is 38.0 Å². The number of alkyl halides is 3. The van der Waals surface area contributed by atoms with Gasteiger partial charge in [-0.1, -0.05) is 11.6 Å². The summed E-state index contributed by atoms with van der Waals surface area (Å²) >= 11 is 5.87. The number of carbonyl (C=O) groups excluding carboxylic acids is 2. The third-order valence-electron chi connectivity index (χ3n) is 6.97. The Morgan fingerprint density at radius 3 is 2.63 bits per heavy atom. The second kappa shape index (κ2) is 11.0. The van der Waals surface area contributed by atoms with Gasteiger partial charge < -0.3 is 14.9 Å². The Kier molecular flexibility index (Phi) is 8.15. The van der Waals surface area contributed by atoms with E-state index in [1.165, 1.54) is 35.9 Å². The predicted molar refractivity (Wildman–Crippen MR) is 134 cm³/mol. The van der Waals surface area contributed by atoms with E-state index >= 15 is 0 Å². The van der Waals surface area contributed by atoms with Crippen LogP contribution in [0.4, 0.5) is 33.9 Å². The lowest BCUT2D eigenvalue weighted by Crippen LogP contribution is -2.47. The van der Waals surface area contributed by atoms with Gasteiger partial charge in [-0.25, -0.2) is 14.2 Å². The van der Waals surface area contributed by atoms with Crippen LogP contribution < -0.4 is 9.80 Å². The average Bonchev–Trinajstić information content (AvgIpc) is 3.46. The molecule has 0 bridgehead atoms. The van der Waals surface area contributed by atoms with Crippen LogP contribution in [0.2, 0.25) is 5.02 Å². The first-order valence-corrected chi connectivity index (χ1v) is 12.5. The molecule has 3 heterocycles. The fourth-order valence-electron chi connectivity index (χ4n) is 4.92. The third kappa shape index (κ3) is 5.71. The van der Waals surface area contributed by atoms with Crippen molar-refractivity contribution in [1.29, 1.82) is 0 Å². The maximum atomic E-state index is 13.7. The molecular formula is C25H28ClF4N5O3. The Balaban J connectivity index is 1.66. The number of rotatable bonds is 7. The number of amides is 3. The average molecular weight is 558 g/mol. The van der Waals surface area contributed by atoms with Crippen LogP contribution in [0.25, 0.3) is 0 Å². The zero-order valence-electron chi connectivity index (χ0n) is 20.9. The van der Waals surface area contributed by atoms with E-state index in [4.69, 9.17) is 11.6 Å². The van der Waals surface area contributed by atoms with Gasteiger partial charge in [0.05, 0.1) is 23.7 Å². The van der Waals surface area contributed by atoms with Gasteiger partial charge in [-0.3, -0.25) is 14.6 Å². The van der Waals surface area contributed by atoms with Crippen LogP contribution in [0.15, 0.2) is 30.3 Å². The number of carbonyl (C=O) groups is 2. The highest BCUT2D eigenvalue weighted by molar-refractivity contribution is 6.31. The Bertz CT molecular complexity index is 1210. The quantitative estimate of drug-likeness (QED) is 0.522. The number of aryl methyl sites for hydroxylation is 1. The largest absolute Gasteiger partial charge is 0.416 e. The van der Waals surface area contributed by atoms with Gasteiger partial charge in [-0.05, 0) is 56.6 Å². The number of likely N-dealkylation sites (tertiary alicyclic amines) is 1. The van der Waals surface area contributed by atoms with Crippen molar-refractivity contribution in [2.75, 3.05) is 49.6 Å². The van der Waals surface area contributed by atoms with Gasteiger partial charge >= 0.3 is 12.2 Å². The van der Waals surface area contributed by atoms with E-state index in [0.717, 1.165) is 42.5 Å². The maximum absolute atomic E-state index is 13.7. The highest BCUT2D eigenvalue weighted by Crippen LogP contribution is 2.34. The number of anilines is 2. The molecule has 0 saturated carbocycles. The molecule has 0 radical (unpaired) electrons. The van der Waals surface area contributed by atoms with E-state index in [1.54, 1.807) is 0 Å². The zero-order valence-corrected chi connectivity index (χ0v) is 21.6. The second-order valence-electron chi connectivity index (χ2n) is 9.48. The molecule has 4 rings (SSSR count). The molecule has 0 spiro atoms. The van der Waals surface area contributed by atoms with Gasteiger partial charge in [-0.2, -0.15) is 13.2 Å². The minimum Gasteiger partial charge on any atom is -0.395 e. The van der Waals surface area contributed by atoms with E-state index in [9.17, 15) is 32.3 Å². The van der Waals surface area contributed by atoms with Crippen LogP contribution in [0, 0.1) is 12.7 Å². The van der Waals surface area contributed by atoms with Crippen molar-refractivity contribution < 1.29 is 32.3 Å². The molecular weight excluding hydrogens is 530 g/mol. The summed E-state index contributed by atoms with van der Waals surface area (Å²) < 4.78 is 54.4. The van der Waals surface area contributed by atoms with Crippen LogP contribution in [0.5, 0.6) is 0 Å². The van der Waals surface area contributed by atoms with Crippen molar-refractivity contribution in [3.8, 4) is 0 Å². The summed E-state index contributed by atoms with van der Waals surface area (Å²) in [5.74, 6) is -1.57. The number of pyridine rings is 1. The van der Waals surface area contributed by atoms with E-state index < -0.39 is 35.5 Å². The Hall–Kier alpha value is -2.96. The Labute approximate surface area is 222 Å². The molecule has 38 heavy (non-hydrogen) atoms. The zero-order chi connectivity index (χ0) is 27.8. The van der Waals surface area contributed by atoms with E-state index in [-0.39, 0.29) is 48.0 Å². The number of benzene rings is 1. The molecule has 2 aliphatic rings. The summed E-state index contributed by atoms with van der Waals surface area (Å²) in [4.78, 5) is 36.9. The summed E-state index contributed by atoms with van der Waals surface area (Å²) in [6, 6.07) is 3.44. The van der Waals surface area contributed by atoms with Crippen LogP contribution in [0.3, 0.4) is 0 Å².